The number of carboxylic acids is 1. The molecule has 3 aromatic carbocycles. The second kappa shape index (κ2) is 9.39. The van der Waals surface area contributed by atoms with E-state index in [0.29, 0.717) is 12.1 Å². The second-order valence-corrected chi connectivity index (χ2v) is 7.56. The smallest absolute Gasteiger partial charge is 0.336 e. The molecule has 0 aliphatic carbocycles. The topological polar surface area (TPSA) is 68.0 Å². The number of aryl methyl sites for hydroxylation is 1. The van der Waals surface area contributed by atoms with Crippen molar-refractivity contribution in [3.05, 3.63) is 107 Å². The summed E-state index contributed by atoms with van der Waals surface area (Å²) in [4.78, 5) is 16.3. The number of aromatic nitrogens is 3. The van der Waals surface area contributed by atoms with Gasteiger partial charge in [-0.25, -0.2) is 14.5 Å². The van der Waals surface area contributed by atoms with E-state index in [9.17, 15) is 9.90 Å². The maximum absolute atomic E-state index is 11.5. The Morgan fingerprint density at radius 1 is 0.903 bits per heavy atom. The number of hydrogen-bond acceptors (Lipinski definition) is 3. The molecule has 0 bridgehead atoms. The van der Waals surface area contributed by atoms with Crippen molar-refractivity contribution >= 4 is 5.97 Å². The van der Waals surface area contributed by atoms with Crippen molar-refractivity contribution in [2.75, 3.05) is 0 Å². The van der Waals surface area contributed by atoms with E-state index in [1.165, 1.54) is 5.56 Å². The van der Waals surface area contributed by atoms with Gasteiger partial charge in [0.25, 0.3) is 0 Å². The van der Waals surface area contributed by atoms with Crippen molar-refractivity contribution < 1.29 is 9.90 Å². The number of rotatable bonds is 8. The summed E-state index contributed by atoms with van der Waals surface area (Å²) in [5.74, 6) is 0.910. The van der Waals surface area contributed by atoms with Crippen molar-refractivity contribution in [3.8, 4) is 11.1 Å². The molecule has 0 atom stereocenters. The monoisotopic (exact) mass is 411 g/mol. The van der Waals surface area contributed by atoms with Gasteiger partial charge in [0.15, 0.2) is 5.82 Å². The van der Waals surface area contributed by atoms with Crippen molar-refractivity contribution in [1.82, 2.24) is 14.8 Å². The Labute approximate surface area is 182 Å². The van der Waals surface area contributed by atoms with Crippen LogP contribution in [0, 0.1) is 0 Å². The molecule has 1 aromatic heterocycles. The highest BCUT2D eigenvalue weighted by atomic mass is 16.4. The molecule has 156 valence electrons. The first kappa shape index (κ1) is 20.5. The van der Waals surface area contributed by atoms with Crippen LogP contribution in [0.5, 0.6) is 0 Å². The van der Waals surface area contributed by atoms with Crippen LogP contribution in [0.4, 0.5) is 0 Å². The first-order valence-electron chi connectivity index (χ1n) is 10.5. The number of aromatic carboxylic acids is 1. The highest BCUT2D eigenvalue weighted by molar-refractivity contribution is 5.95. The van der Waals surface area contributed by atoms with Gasteiger partial charge >= 0.3 is 5.97 Å². The molecule has 5 heteroatoms. The number of nitrogens with zero attached hydrogens (tertiary/aromatic N) is 3. The van der Waals surface area contributed by atoms with Crippen molar-refractivity contribution in [2.45, 2.75) is 32.7 Å². The van der Waals surface area contributed by atoms with Crippen molar-refractivity contribution in [1.29, 1.82) is 0 Å². The third-order valence-electron chi connectivity index (χ3n) is 5.23. The van der Waals surface area contributed by atoms with Crippen molar-refractivity contribution in [3.63, 3.8) is 0 Å². The standard InChI is InChI=1S/C26H25N3O2/c1-2-8-25-27-24(17-19-9-4-3-5-10-19)28-29(25)18-20-13-15-21(16-14-20)22-11-6-7-12-23(22)26(30)31/h3-7,9-16H,2,8,17-18H2,1H3,(H,30,31). The molecule has 5 nitrogen and oxygen atoms in total. The predicted molar refractivity (Wildman–Crippen MR) is 121 cm³/mol. The average molecular weight is 412 g/mol. The van der Waals surface area contributed by atoms with Gasteiger partial charge in [-0.05, 0) is 34.7 Å². The van der Waals surface area contributed by atoms with Gasteiger partial charge in [-0.2, -0.15) is 5.10 Å². The molecule has 0 amide bonds. The van der Waals surface area contributed by atoms with Gasteiger partial charge in [-0.1, -0.05) is 79.7 Å². The lowest BCUT2D eigenvalue weighted by Crippen LogP contribution is -2.07. The Bertz CT molecular complexity index is 1160. The molecule has 4 aromatic rings. The molecule has 0 saturated carbocycles. The van der Waals surface area contributed by atoms with E-state index in [1.807, 2.05) is 59.3 Å². The number of carboxylic acid groups (broad SMARTS) is 1. The summed E-state index contributed by atoms with van der Waals surface area (Å²) < 4.78 is 1.99. The van der Waals surface area contributed by atoms with Crippen LogP contribution in [0.15, 0.2) is 78.9 Å². The zero-order valence-corrected chi connectivity index (χ0v) is 17.5. The molecule has 0 unspecified atom stereocenters. The van der Waals surface area contributed by atoms with Crippen LogP contribution < -0.4 is 0 Å². The van der Waals surface area contributed by atoms with Crippen LogP contribution in [0.25, 0.3) is 11.1 Å². The fraction of sp³-hybridized carbons (Fsp3) is 0.192. The van der Waals surface area contributed by atoms with E-state index in [1.54, 1.807) is 12.1 Å². The SMILES string of the molecule is CCCc1nc(Cc2ccccc2)nn1Cc1ccc(-c2ccccc2C(=O)O)cc1. The Hall–Kier alpha value is -3.73. The molecule has 0 saturated heterocycles. The molecule has 0 aliphatic rings. The highest BCUT2D eigenvalue weighted by Gasteiger charge is 2.13. The van der Waals surface area contributed by atoms with E-state index >= 15 is 0 Å². The van der Waals surface area contributed by atoms with E-state index in [2.05, 4.69) is 19.1 Å². The van der Waals surface area contributed by atoms with Gasteiger partial charge in [0.05, 0.1) is 12.1 Å². The van der Waals surface area contributed by atoms with Gasteiger partial charge in [0, 0.05) is 12.8 Å². The first-order valence-corrected chi connectivity index (χ1v) is 10.5. The molecular formula is C26H25N3O2. The van der Waals surface area contributed by atoms with Gasteiger partial charge < -0.3 is 5.11 Å². The van der Waals surface area contributed by atoms with Gasteiger partial charge in [0.2, 0.25) is 0 Å². The van der Waals surface area contributed by atoms with Gasteiger partial charge in [-0.15, -0.1) is 0 Å². The summed E-state index contributed by atoms with van der Waals surface area (Å²) in [6, 6.07) is 25.3. The summed E-state index contributed by atoms with van der Waals surface area (Å²) in [6.45, 7) is 2.78. The largest absolute Gasteiger partial charge is 0.478 e. The normalized spacial score (nSPS) is 10.9. The second-order valence-electron chi connectivity index (χ2n) is 7.56. The third-order valence-corrected chi connectivity index (χ3v) is 5.23. The quantitative estimate of drug-likeness (QED) is 0.431. The number of hydrogen-bond donors (Lipinski definition) is 1. The molecule has 0 spiro atoms. The minimum atomic E-state index is -0.919. The average Bonchev–Trinajstić information content (AvgIpc) is 3.16. The lowest BCUT2D eigenvalue weighted by Gasteiger charge is -2.09. The molecule has 0 fully saturated rings. The molecule has 1 N–H and O–H groups in total. The van der Waals surface area contributed by atoms with Crippen LogP contribution in [0.3, 0.4) is 0 Å². The zero-order chi connectivity index (χ0) is 21.6. The Morgan fingerprint density at radius 2 is 1.61 bits per heavy atom. The molecule has 0 aliphatic heterocycles. The number of benzene rings is 3. The lowest BCUT2D eigenvalue weighted by molar-refractivity contribution is 0.0697. The van der Waals surface area contributed by atoms with E-state index in [0.717, 1.165) is 47.6 Å². The van der Waals surface area contributed by atoms with Crippen molar-refractivity contribution in [2.24, 2.45) is 0 Å². The highest BCUT2D eigenvalue weighted by Crippen LogP contribution is 2.24. The van der Waals surface area contributed by atoms with E-state index in [4.69, 9.17) is 10.1 Å². The van der Waals surface area contributed by atoms with Crippen LogP contribution in [0.1, 0.15) is 46.5 Å². The van der Waals surface area contributed by atoms with Crippen LogP contribution in [-0.2, 0) is 19.4 Å². The summed E-state index contributed by atoms with van der Waals surface area (Å²) in [7, 11) is 0. The first-order chi connectivity index (χ1) is 15.1. The number of carbonyl (C=O) groups is 1. The summed E-state index contributed by atoms with van der Waals surface area (Å²) >= 11 is 0. The fourth-order valence-corrected chi connectivity index (χ4v) is 3.70. The van der Waals surface area contributed by atoms with Crippen LogP contribution in [-0.4, -0.2) is 25.8 Å². The summed E-state index contributed by atoms with van der Waals surface area (Å²) in [6.07, 6.45) is 2.61. The van der Waals surface area contributed by atoms with Gasteiger partial charge in [-0.3, -0.25) is 0 Å². The molecule has 1 heterocycles. The Morgan fingerprint density at radius 3 is 2.32 bits per heavy atom. The Balaban J connectivity index is 1.56. The third kappa shape index (κ3) is 4.89. The fourth-order valence-electron chi connectivity index (χ4n) is 3.70. The van der Waals surface area contributed by atoms with E-state index < -0.39 is 5.97 Å². The van der Waals surface area contributed by atoms with Crippen LogP contribution >= 0.6 is 0 Å². The molecule has 31 heavy (non-hydrogen) atoms. The molecule has 4 rings (SSSR count). The lowest BCUT2D eigenvalue weighted by atomic mass is 9.99. The maximum Gasteiger partial charge on any atom is 0.336 e. The maximum atomic E-state index is 11.5. The molecule has 0 radical (unpaired) electrons. The predicted octanol–water partition coefficient (Wildman–Crippen LogP) is 5.23. The van der Waals surface area contributed by atoms with Gasteiger partial charge in [0.1, 0.15) is 5.82 Å². The minimum Gasteiger partial charge on any atom is -0.478 e. The summed E-state index contributed by atoms with van der Waals surface area (Å²) in [5, 5.41) is 14.2. The summed E-state index contributed by atoms with van der Waals surface area (Å²) in [5.41, 5.74) is 4.22. The molecular weight excluding hydrogens is 386 g/mol. The van der Waals surface area contributed by atoms with Crippen LogP contribution in [0.2, 0.25) is 0 Å². The van der Waals surface area contributed by atoms with E-state index in [-0.39, 0.29) is 0 Å². The Kier molecular flexibility index (Phi) is 6.22. The zero-order valence-electron chi connectivity index (χ0n) is 17.5. The minimum absolute atomic E-state index is 0.308.